The number of aryl methyl sites for hydroxylation is 1. The van der Waals surface area contributed by atoms with Gasteiger partial charge in [-0.3, -0.25) is 14.5 Å². The van der Waals surface area contributed by atoms with Crippen molar-refractivity contribution in [3.8, 4) is 11.3 Å². The average molecular weight is 401 g/mol. The molecule has 1 aromatic carbocycles. The number of nitrogens with zero attached hydrogens (tertiary/aromatic N) is 3. The van der Waals surface area contributed by atoms with E-state index in [-0.39, 0.29) is 30.9 Å². The molecular weight excluding hydrogens is 376 g/mol. The zero-order valence-corrected chi connectivity index (χ0v) is 16.9. The van der Waals surface area contributed by atoms with Crippen LogP contribution >= 0.6 is 11.3 Å². The largest absolute Gasteiger partial charge is 0.356 e. The number of nitrogens with one attached hydrogen (secondary N) is 1. The lowest BCUT2D eigenvalue weighted by Gasteiger charge is -2.13. The van der Waals surface area contributed by atoms with Crippen molar-refractivity contribution in [3.05, 3.63) is 40.2 Å². The van der Waals surface area contributed by atoms with E-state index in [1.165, 1.54) is 9.80 Å². The second-order valence-corrected chi connectivity index (χ2v) is 7.90. The maximum Gasteiger partial charge on any atom is 0.326 e. The molecule has 0 radical (unpaired) electrons. The Bertz CT molecular complexity index is 863. The zero-order chi connectivity index (χ0) is 20.1. The maximum absolute atomic E-state index is 12.0. The lowest BCUT2D eigenvalue weighted by molar-refractivity contribution is -0.126. The number of hydrogen-bond acceptors (Lipinski definition) is 5. The van der Waals surface area contributed by atoms with Crippen LogP contribution in [0.25, 0.3) is 11.3 Å². The van der Waals surface area contributed by atoms with Crippen molar-refractivity contribution in [2.24, 2.45) is 0 Å². The van der Waals surface area contributed by atoms with Crippen LogP contribution in [-0.4, -0.2) is 59.3 Å². The molecule has 0 bridgehead atoms. The highest BCUT2D eigenvalue weighted by Gasteiger charge is 2.32. The molecule has 1 aliphatic rings. The minimum atomic E-state index is -0.290. The summed E-state index contributed by atoms with van der Waals surface area (Å²) >= 11 is 1.63. The van der Waals surface area contributed by atoms with E-state index in [1.807, 2.05) is 24.4 Å². The van der Waals surface area contributed by atoms with Crippen LogP contribution in [-0.2, 0) is 16.0 Å². The van der Waals surface area contributed by atoms with Gasteiger partial charge >= 0.3 is 6.03 Å². The molecular formula is C20H24N4O3S. The maximum atomic E-state index is 12.0. The number of carbonyl (C=O) groups is 3. The second kappa shape index (κ2) is 8.97. The van der Waals surface area contributed by atoms with Crippen LogP contribution < -0.4 is 5.32 Å². The van der Waals surface area contributed by atoms with Crippen LogP contribution in [0.2, 0.25) is 0 Å². The molecule has 4 amide bonds. The number of thiazole rings is 1. The van der Waals surface area contributed by atoms with Gasteiger partial charge in [0.25, 0.3) is 0 Å². The van der Waals surface area contributed by atoms with Gasteiger partial charge in [0.05, 0.1) is 10.7 Å². The van der Waals surface area contributed by atoms with Gasteiger partial charge in [-0.05, 0) is 25.3 Å². The van der Waals surface area contributed by atoms with Crippen LogP contribution in [0.5, 0.6) is 0 Å². The van der Waals surface area contributed by atoms with Crippen molar-refractivity contribution < 1.29 is 14.4 Å². The highest BCUT2D eigenvalue weighted by atomic mass is 32.1. The van der Waals surface area contributed by atoms with E-state index in [0.29, 0.717) is 19.4 Å². The summed E-state index contributed by atoms with van der Waals surface area (Å²) in [5, 5.41) is 5.98. The number of carbonyl (C=O) groups excluding carboxylic acids is 3. The van der Waals surface area contributed by atoms with E-state index in [4.69, 9.17) is 0 Å². The summed E-state index contributed by atoms with van der Waals surface area (Å²) in [5.41, 5.74) is 3.23. The van der Waals surface area contributed by atoms with Gasteiger partial charge in [0.2, 0.25) is 11.8 Å². The summed E-state index contributed by atoms with van der Waals surface area (Å²) in [6.45, 7) is 2.95. The topological polar surface area (TPSA) is 82.6 Å². The van der Waals surface area contributed by atoms with E-state index in [2.05, 4.69) is 22.4 Å². The summed E-state index contributed by atoms with van der Waals surface area (Å²) in [5.74, 6) is -0.272. The van der Waals surface area contributed by atoms with Gasteiger partial charge in [0, 0.05) is 37.5 Å². The zero-order valence-electron chi connectivity index (χ0n) is 16.1. The molecule has 1 aromatic heterocycles. The quantitative estimate of drug-likeness (QED) is 0.690. The van der Waals surface area contributed by atoms with Crippen molar-refractivity contribution in [3.63, 3.8) is 0 Å². The van der Waals surface area contributed by atoms with Crippen molar-refractivity contribution in [2.45, 2.75) is 26.2 Å². The Kier molecular flexibility index (Phi) is 6.41. The molecule has 7 nitrogen and oxygen atoms in total. The lowest BCUT2D eigenvalue weighted by Crippen LogP contribution is -2.33. The number of urea groups is 1. The fourth-order valence-corrected chi connectivity index (χ4v) is 3.68. The van der Waals surface area contributed by atoms with Crippen LogP contribution in [0.4, 0.5) is 4.79 Å². The van der Waals surface area contributed by atoms with Gasteiger partial charge in [-0.2, -0.15) is 0 Å². The van der Waals surface area contributed by atoms with E-state index < -0.39 is 0 Å². The number of rotatable bonds is 8. The van der Waals surface area contributed by atoms with Gasteiger partial charge in [-0.1, -0.05) is 24.3 Å². The molecule has 2 aromatic rings. The first-order valence-corrected chi connectivity index (χ1v) is 10.2. The molecule has 0 spiro atoms. The lowest BCUT2D eigenvalue weighted by atomic mass is 10.1. The minimum Gasteiger partial charge on any atom is -0.356 e. The number of hydrogen-bond donors (Lipinski definition) is 1. The van der Waals surface area contributed by atoms with Gasteiger partial charge in [0.1, 0.15) is 6.54 Å². The first-order chi connectivity index (χ1) is 13.4. The smallest absolute Gasteiger partial charge is 0.326 e. The Morgan fingerprint density at radius 1 is 1.25 bits per heavy atom. The van der Waals surface area contributed by atoms with Crippen molar-refractivity contribution in [1.29, 1.82) is 0 Å². The Morgan fingerprint density at radius 3 is 2.61 bits per heavy atom. The van der Waals surface area contributed by atoms with Crippen molar-refractivity contribution in [1.82, 2.24) is 20.1 Å². The number of imide groups is 1. The standard InChI is InChI=1S/C20H24N4O3S/c1-14-22-17(13-28-14)16-7-5-15(6-8-16)9-10-21-18(25)4-3-11-24-19(26)12-23(2)20(24)27/h5-8,13H,3-4,9-12H2,1-2H3,(H,21,25). The molecule has 148 valence electrons. The van der Waals surface area contributed by atoms with Crippen molar-refractivity contribution in [2.75, 3.05) is 26.7 Å². The van der Waals surface area contributed by atoms with Crippen LogP contribution in [0, 0.1) is 6.92 Å². The molecule has 1 fully saturated rings. The number of amides is 4. The summed E-state index contributed by atoms with van der Waals surface area (Å²) < 4.78 is 0. The predicted octanol–water partition coefficient (Wildman–Crippen LogP) is 2.45. The van der Waals surface area contributed by atoms with E-state index in [1.54, 1.807) is 18.4 Å². The van der Waals surface area contributed by atoms with Gasteiger partial charge in [0.15, 0.2) is 0 Å². The van der Waals surface area contributed by atoms with Crippen LogP contribution in [0.15, 0.2) is 29.6 Å². The molecule has 8 heteroatoms. The molecule has 1 N–H and O–H groups in total. The highest BCUT2D eigenvalue weighted by Crippen LogP contribution is 2.21. The second-order valence-electron chi connectivity index (χ2n) is 6.84. The van der Waals surface area contributed by atoms with Crippen LogP contribution in [0.3, 0.4) is 0 Å². The fraction of sp³-hybridized carbons (Fsp3) is 0.400. The molecule has 0 unspecified atom stereocenters. The number of likely N-dealkylation sites (N-methyl/N-ethyl adjacent to an activating group) is 1. The highest BCUT2D eigenvalue weighted by molar-refractivity contribution is 7.09. The Morgan fingerprint density at radius 2 is 2.00 bits per heavy atom. The van der Waals surface area contributed by atoms with E-state index >= 15 is 0 Å². The third-order valence-corrected chi connectivity index (χ3v) is 5.39. The van der Waals surface area contributed by atoms with Gasteiger partial charge < -0.3 is 10.2 Å². The van der Waals surface area contributed by atoms with Crippen molar-refractivity contribution >= 4 is 29.2 Å². The van der Waals surface area contributed by atoms with E-state index in [0.717, 1.165) is 28.2 Å². The molecule has 0 atom stereocenters. The Balaban J connectivity index is 1.36. The monoisotopic (exact) mass is 400 g/mol. The van der Waals surface area contributed by atoms with Gasteiger partial charge in [-0.15, -0.1) is 11.3 Å². The van der Waals surface area contributed by atoms with Crippen LogP contribution in [0.1, 0.15) is 23.4 Å². The minimum absolute atomic E-state index is 0.0676. The molecule has 1 aliphatic heterocycles. The summed E-state index contributed by atoms with van der Waals surface area (Å²) in [6.07, 6.45) is 1.51. The summed E-state index contributed by atoms with van der Waals surface area (Å²) in [7, 11) is 1.59. The molecule has 0 aliphatic carbocycles. The molecule has 1 saturated heterocycles. The molecule has 2 heterocycles. The third kappa shape index (κ3) is 4.95. The Labute approximate surface area is 168 Å². The Hall–Kier alpha value is -2.74. The molecule has 0 saturated carbocycles. The van der Waals surface area contributed by atoms with Gasteiger partial charge in [-0.25, -0.2) is 9.78 Å². The summed E-state index contributed by atoms with van der Waals surface area (Å²) in [6, 6.07) is 7.91. The summed E-state index contributed by atoms with van der Waals surface area (Å²) in [4.78, 5) is 42.5. The average Bonchev–Trinajstić information content (AvgIpc) is 3.20. The normalized spacial score (nSPS) is 14.1. The predicted molar refractivity (Wildman–Crippen MR) is 108 cm³/mol. The van der Waals surface area contributed by atoms with E-state index in [9.17, 15) is 14.4 Å². The molecule has 3 rings (SSSR count). The first kappa shape index (κ1) is 20.0. The third-order valence-electron chi connectivity index (χ3n) is 4.62. The molecule has 28 heavy (non-hydrogen) atoms. The number of benzene rings is 1. The first-order valence-electron chi connectivity index (χ1n) is 9.27. The SMILES string of the molecule is Cc1nc(-c2ccc(CCNC(=O)CCCN3C(=O)CN(C)C3=O)cc2)cs1. The number of aromatic nitrogens is 1. The fourth-order valence-electron chi connectivity index (χ4n) is 3.06.